The van der Waals surface area contributed by atoms with Gasteiger partial charge in [-0.05, 0) is 42.9 Å². The average molecular weight is 335 g/mol. The zero-order valence-corrected chi connectivity index (χ0v) is 13.0. The minimum absolute atomic E-state index is 0.0476. The molecule has 0 spiro atoms. The van der Waals surface area contributed by atoms with Gasteiger partial charge in [0.2, 0.25) is 0 Å². The molecule has 122 valence electrons. The summed E-state index contributed by atoms with van der Waals surface area (Å²) in [5.41, 5.74) is -0.549. The lowest BCUT2D eigenvalue weighted by atomic mass is 9.81. The van der Waals surface area contributed by atoms with E-state index in [9.17, 15) is 18.0 Å². The number of alkyl halides is 4. The van der Waals surface area contributed by atoms with Gasteiger partial charge in [-0.25, -0.2) is 4.79 Å². The summed E-state index contributed by atoms with van der Waals surface area (Å²) >= 11 is 5.89. The van der Waals surface area contributed by atoms with Gasteiger partial charge in [0.1, 0.15) is 0 Å². The Balaban J connectivity index is 2.50. The van der Waals surface area contributed by atoms with Crippen molar-refractivity contribution in [2.24, 2.45) is 0 Å². The molecule has 0 heterocycles. The van der Waals surface area contributed by atoms with E-state index in [4.69, 9.17) is 16.7 Å². The molecule has 1 aromatic carbocycles. The molecular formula is C16H18ClF3O2. The fourth-order valence-electron chi connectivity index (χ4n) is 2.99. The van der Waals surface area contributed by atoms with Crippen LogP contribution in [0.2, 0.25) is 0 Å². The van der Waals surface area contributed by atoms with Crippen molar-refractivity contribution in [1.29, 1.82) is 0 Å². The van der Waals surface area contributed by atoms with Gasteiger partial charge >= 0.3 is 12.1 Å². The quantitative estimate of drug-likeness (QED) is 0.762. The molecule has 0 saturated heterocycles. The fraction of sp³-hybridized carbons (Fsp3) is 0.562. The third-order valence-corrected chi connectivity index (χ3v) is 4.73. The van der Waals surface area contributed by atoms with Gasteiger partial charge < -0.3 is 5.11 Å². The van der Waals surface area contributed by atoms with E-state index < -0.39 is 22.6 Å². The molecule has 0 bridgehead atoms. The summed E-state index contributed by atoms with van der Waals surface area (Å²) in [5, 5.41) is 9.09. The van der Waals surface area contributed by atoms with Crippen LogP contribution in [0.25, 0.3) is 0 Å². The van der Waals surface area contributed by atoms with Crippen LogP contribution < -0.4 is 0 Å². The Hall–Kier alpha value is -1.23. The first-order chi connectivity index (χ1) is 10.1. The van der Waals surface area contributed by atoms with E-state index in [0.717, 1.165) is 38.2 Å². The maximum absolute atomic E-state index is 13.4. The van der Waals surface area contributed by atoms with Gasteiger partial charge in [-0.3, -0.25) is 0 Å². The van der Waals surface area contributed by atoms with E-state index in [0.29, 0.717) is 0 Å². The lowest BCUT2D eigenvalue weighted by Crippen LogP contribution is -2.26. The maximum atomic E-state index is 13.4. The van der Waals surface area contributed by atoms with E-state index >= 15 is 0 Å². The summed E-state index contributed by atoms with van der Waals surface area (Å²) in [6.45, 7) is 1.19. The molecule has 1 saturated carbocycles. The summed E-state index contributed by atoms with van der Waals surface area (Å²) in [7, 11) is 0. The SMILES string of the molecule is CC(Cl)(C(=O)O)c1ccc(C2CCCCC2)c(C(F)(F)F)c1. The highest BCUT2D eigenvalue weighted by molar-refractivity contribution is 6.33. The lowest BCUT2D eigenvalue weighted by Gasteiger charge is -2.27. The number of hydrogen-bond donors (Lipinski definition) is 1. The lowest BCUT2D eigenvalue weighted by molar-refractivity contribution is -0.141. The van der Waals surface area contributed by atoms with Crippen molar-refractivity contribution < 1.29 is 23.1 Å². The predicted octanol–water partition coefficient (Wildman–Crippen LogP) is 5.29. The Kier molecular flexibility index (Phi) is 4.76. The number of rotatable bonds is 3. The first-order valence-electron chi connectivity index (χ1n) is 7.28. The van der Waals surface area contributed by atoms with E-state index in [1.54, 1.807) is 0 Å². The zero-order chi connectivity index (χ0) is 16.5. The van der Waals surface area contributed by atoms with Crippen LogP contribution in [-0.2, 0) is 15.8 Å². The summed E-state index contributed by atoms with van der Waals surface area (Å²) < 4.78 is 40.1. The number of halogens is 4. The maximum Gasteiger partial charge on any atom is 0.416 e. The van der Waals surface area contributed by atoms with E-state index in [-0.39, 0.29) is 17.0 Å². The Morgan fingerprint density at radius 1 is 1.23 bits per heavy atom. The number of benzene rings is 1. The molecule has 1 atom stereocenters. The molecule has 0 aromatic heterocycles. The highest BCUT2D eigenvalue weighted by Gasteiger charge is 2.39. The van der Waals surface area contributed by atoms with Gasteiger partial charge in [-0.2, -0.15) is 13.2 Å². The number of carbonyl (C=O) groups is 1. The highest BCUT2D eigenvalue weighted by Crippen LogP contribution is 2.42. The van der Waals surface area contributed by atoms with Crippen molar-refractivity contribution in [3.63, 3.8) is 0 Å². The van der Waals surface area contributed by atoms with Gasteiger partial charge in [0.15, 0.2) is 4.87 Å². The van der Waals surface area contributed by atoms with Gasteiger partial charge in [0, 0.05) is 0 Å². The second kappa shape index (κ2) is 6.11. The molecule has 0 radical (unpaired) electrons. The second-order valence-corrected chi connectivity index (χ2v) is 6.70. The molecule has 1 aliphatic carbocycles. The Labute approximate surface area is 132 Å². The van der Waals surface area contributed by atoms with Crippen molar-refractivity contribution in [3.05, 3.63) is 34.9 Å². The van der Waals surface area contributed by atoms with E-state index in [1.165, 1.54) is 19.1 Å². The Bertz CT molecular complexity index is 561. The summed E-state index contributed by atoms with van der Waals surface area (Å²) in [6, 6.07) is 3.70. The molecule has 2 rings (SSSR count). The van der Waals surface area contributed by atoms with Gasteiger partial charge in [0.25, 0.3) is 0 Å². The Morgan fingerprint density at radius 2 is 1.82 bits per heavy atom. The number of carboxylic acid groups (broad SMARTS) is 1. The van der Waals surface area contributed by atoms with Crippen molar-refractivity contribution in [3.8, 4) is 0 Å². The monoisotopic (exact) mass is 334 g/mol. The smallest absolute Gasteiger partial charge is 0.416 e. The number of carboxylic acids is 1. The van der Waals surface area contributed by atoms with Crippen LogP contribution in [0.3, 0.4) is 0 Å². The summed E-state index contributed by atoms with van der Waals surface area (Å²) in [6.07, 6.45) is -0.153. The molecular weight excluding hydrogens is 317 g/mol. The Morgan fingerprint density at radius 3 is 2.32 bits per heavy atom. The fourth-order valence-corrected chi connectivity index (χ4v) is 3.10. The van der Waals surface area contributed by atoms with Crippen molar-refractivity contribution >= 4 is 17.6 Å². The standard InChI is InChI=1S/C16H18ClF3O2/c1-15(17,14(21)22)11-7-8-12(10-5-3-2-4-6-10)13(9-11)16(18,19)20/h7-10H,2-6H2,1H3,(H,21,22). The van der Waals surface area contributed by atoms with Crippen molar-refractivity contribution in [2.45, 2.75) is 56.0 Å². The minimum Gasteiger partial charge on any atom is -0.480 e. The predicted molar refractivity (Wildman–Crippen MR) is 78.1 cm³/mol. The molecule has 0 amide bonds. The van der Waals surface area contributed by atoms with Crippen LogP contribution in [0, 0.1) is 0 Å². The van der Waals surface area contributed by atoms with Crippen LogP contribution >= 0.6 is 11.6 Å². The van der Waals surface area contributed by atoms with Crippen molar-refractivity contribution in [2.75, 3.05) is 0 Å². The second-order valence-electron chi connectivity index (χ2n) is 5.94. The van der Waals surface area contributed by atoms with Crippen LogP contribution in [-0.4, -0.2) is 11.1 Å². The van der Waals surface area contributed by atoms with Crippen LogP contribution in [0.4, 0.5) is 13.2 Å². The topological polar surface area (TPSA) is 37.3 Å². The van der Waals surface area contributed by atoms with Crippen LogP contribution in [0.15, 0.2) is 18.2 Å². The first-order valence-corrected chi connectivity index (χ1v) is 7.65. The number of hydrogen-bond acceptors (Lipinski definition) is 1. The minimum atomic E-state index is -4.52. The molecule has 1 unspecified atom stereocenters. The van der Waals surface area contributed by atoms with Gasteiger partial charge in [-0.1, -0.05) is 31.4 Å². The molecule has 1 aromatic rings. The van der Waals surface area contributed by atoms with E-state index in [1.807, 2.05) is 0 Å². The van der Waals surface area contributed by atoms with E-state index in [2.05, 4.69) is 0 Å². The number of aliphatic carboxylic acids is 1. The largest absolute Gasteiger partial charge is 0.480 e. The third-order valence-electron chi connectivity index (χ3n) is 4.35. The third kappa shape index (κ3) is 3.40. The first kappa shape index (κ1) is 17.1. The molecule has 6 heteroatoms. The molecule has 22 heavy (non-hydrogen) atoms. The highest BCUT2D eigenvalue weighted by atomic mass is 35.5. The molecule has 1 N–H and O–H groups in total. The van der Waals surface area contributed by atoms with Gasteiger partial charge in [0.05, 0.1) is 5.56 Å². The summed E-state index contributed by atoms with van der Waals surface area (Å²) in [4.78, 5) is 9.29. The molecule has 1 aliphatic rings. The molecule has 2 nitrogen and oxygen atoms in total. The zero-order valence-electron chi connectivity index (χ0n) is 12.2. The normalized spacial score (nSPS) is 19.7. The summed E-state index contributed by atoms with van der Waals surface area (Å²) in [5.74, 6) is -1.49. The molecule has 0 aliphatic heterocycles. The van der Waals surface area contributed by atoms with Crippen LogP contribution in [0.1, 0.15) is 61.6 Å². The average Bonchev–Trinajstić information content (AvgIpc) is 2.46. The van der Waals surface area contributed by atoms with Crippen LogP contribution in [0.5, 0.6) is 0 Å². The van der Waals surface area contributed by atoms with Gasteiger partial charge in [-0.15, -0.1) is 11.6 Å². The molecule has 1 fully saturated rings. The van der Waals surface area contributed by atoms with Crippen molar-refractivity contribution in [1.82, 2.24) is 0 Å².